The Kier molecular flexibility index (Phi) is 5.27. The van der Waals surface area contributed by atoms with Crippen molar-refractivity contribution in [2.24, 2.45) is 10.7 Å². The van der Waals surface area contributed by atoms with Gasteiger partial charge in [-0.1, -0.05) is 29.8 Å². The van der Waals surface area contributed by atoms with Gasteiger partial charge in [-0.05, 0) is 32.3 Å². The minimum absolute atomic E-state index is 0.0165. The quantitative estimate of drug-likeness (QED) is 0.834. The van der Waals surface area contributed by atoms with E-state index in [1.54, 1.807) is 17.3 Å². The molecule has 1 saturated heterocycles. The number of rotatable bonds is 3. The first-order chi connectivity index (χ1) is 13.9. The number of hydrogen-bond acceptors (Lipinski definition) is 6. The van der Waals surface area contributed by atoms with Crippen LogP contribution < -0.4 is 5.73 Å². The third-order valence-corrected chi connectivity index (χ3v) is 6.05. The maximum absolute atomic E-state index is 13.1. The van der Waals surface area contributed by atoms with Crippen molar-refractivity contribution in [2.75, 3.05) is 6.61 Å². The summed E-state index contributed by atoms with van der Waals surface area (Å²) in [6.07, 6.45) is 6.70. The maximum Gasteiger partial charge on any atom is 0.232 e. The number of aromatic nitrogens is 2. The van der Waals surface area contributed by atoms with Crippen LogP contribution in [0.4, 0.5) is 0 Å². The van der Waals surface area contributed by atoms with Gasteiger partial charge in [-0.25, -0.2) is 15.0 Å². The Morgan fingerprint density at radius 1 is 1.31 bits per heavy atom. The molecule has 2 aliphatic rings. The summed E-state index contributed by atoms with van der Waals surface area (Å²) in [5, 5.41) is 0.530. The van der Waals surface area contributed by atoms with Crippen molar-refractivity contribution in [2.45, 2.75) is 50.8 Å². The number of halogens is 1. The van der Waals surface area contributed by atoms with E-state index < -0.39 is 5.54 Å². The number of benzene rings is 1. The average molecular weight is 414 g/mol. The van der Waals surface area contributed by atoms with Crippen LogP contribution in [0, 0.1) is 0 Å². The first kappa shape index (κ1) is 19.8. The van der Waals surface area contributed by atoms with Gasteiger partial charge < -0.3 is 10.5 Å². The molecule has 2 aliphatic heterocycles. The zero-order valence-corrected chi connectivity index (χ0v) is 17.3. The first-order valence-corrected chi connectivity index (χ1v) is 10.1. The molecule has 8 heteroatoms. The third kappa shape index (κ3) is 3.72. The standard InChI is InChI=1S/C21H24ClN5O2/c1-13-8-15(6-7-29-13)27-18(28)9-21(2,26-20(27)23)17-5-3-4-16(19(17)22)14-10-24-12-25-11-14/h3-5,10-13,15H,6-9H2,1-2H3,(H2,23,26)/t13-,15-,21-/m0/s1. The Balaban J connectivity index is 1.70. The highest BCUT2D eigenvalue weighted by Crippen LogP contribution is 2.41. The SMILES string of the molecule is C[C@H]1C[C@@H](N2C(=O)C[C@@](C)(c3cccc(-c4cncnc4)c3Cl)N=C2N)CCO1. The average Bonchev–Trinajstić information content (AvgIpc) is 2.68. The van der Waals surface area contributed by atoms with Crippen LogP contribution in [0.25, 0.3) is 11.1 Å². The lowest BCUT2D eigenvalue weighted by Crippen LogP contribution is -2.56. The Bertz CT molecular complexity index is 951. The number of hydrogen-bond donors (Lipinski definition) is 1. The van der Waals surface area contributed by atoms with Crippen LogP contribution in [-0.4, -0.2) is 45.5 Å². The van der Waals surface area contributed by atoms with Gasteiger partial charge >= 0.3 is 0 Å². The van der Waals surface area contributed by atoms with Crippen molar-refractivity contribution >= 4 is 23.5 Å². The van der Waals surface area contributed by atoms with E-state index in [-0.39, 0.29) is 30.4 Å². The van der Waals surface area contributed by atoms with Crippen LogP contribution in [0.3, 0.4) is 0 Å². The molecule has 2 N–H and O–H groups in total. The number of guanidine groups is 1. The van der Waals surface area contributed by atoms with E-state index in [9.17, 15) is 4.79 Å². The van der Waals surface area contributed by atoms with Gasteiger partial charge in [0.15, 0.2) is 5.96 Å². The van der Waals surface area contributed by atoms with Crippen LogP contribution in [0.15, 0.2) is 41.9 Å². The molecule has 1 aromatic carbocycles. The molecule has 29 heavy (non-hydrogen) atoms. The van der Waals surface area contributed by atoms with Crippen LogP contribution >= 0.6 is 11.6 Å². The van der Waals surface area contributed by atoms with E-state index in [1.165, 1.54) is 6.33 Å². The van der Waals surface area contributed by atoms with Crippen LogP contribution in [0.2, 0.25) is 5.02 Å². The summed E-state index contributed by atoms with van der Waals surface area (Å²) in [5.74, 6) is 0.205. The van der Waals surface area contributed by atoms with Gasteiger partial charge in [0.05, 0.1) is 23.1 Å². The summed E-state index contributed by atoms with van der Waals surface area (Å²) >= 11 is 6.76. The predicted octanol–water partition coefficient (Wildman–Crippen LogP) is 3.13. The summed E-state index contributed by atoms with van der Waals surface area (Å²) in [7, 11) is 0. The molecule has 0 aliphatic carbocycles. The second-order valence-corrected chi connectivity index (χ2v) is 8.22. The van der Waals surface area contributed by atoms with Gasteiger partial charge in [-0.3, -0.25) is 9.69 Å². The molecule has 3 heterocycles. The van der Waals surface area contributed by atoms with Crippen molar-refractivity contribution in [3.63, 3.8) is 0 Å². The largest absolute Gasteiger partial charge is 0.378 e. The molecular formula is C21H24ClN5O2. The van der Waals surface area contributed by atoms with Crippen LogP contribution in [-0.2, 0) is 15.1 Å². The molecule has 152 valence electrons. The summed E-state index contributed by atoms with van der Waals surface area (Å²) in [4.78, 5) is 27.7. The summed E-state index contributed by atoms with van der Waals surface area (Å²) < 4.78 is 5.60. The highest BCUT2D eigenvalue weighted by molar-refractivity contribution is 6.34. The van der Waals surface area contributed by atoms with Gasteiger partial charge in [0.2, 0.25) is 5.91 Å². The molecule has 0 spiro atoms. The van der Waals surface area contributed by atoms with Crippen molar-refractivity contribution < 1.29 is 9.53 Å². The monoisotopic (exact) mass is 413 g/mol. The zero-order chi connectivity index (χ0) is 20.6. The molecule has 3 atom stereocenters. The maximum atomic E-state index is 13.1. The fraction of sp³-hybridized carbons (Fsp3) is 0.429. The molecule has 1 aromatic heterocycles. The lowest BCUT2D eigenvalue weighted by atomic mass is 9.85. The fourth-order valence-electron chi connectivity index (χ4n) is 4.22. The van der Waals surface area contributed by atoms with Crippen molar-refractivity contribution in [1.82, 2.24) is 14.9 Å². The third-order valence-electron chi connectivity index (χ3n) is 5.65. The van der Waals surface area contributed by atoms with Crippen molar-refractivity contribution in [3.8, 4) is 11.1 Å². The first-order valence-electron chi connectivity index (χ1n) is 9.72. The van der Waals surface area contributed by atoms with Gasteiger partial charge in [0, 0.05) is 36.2 Å². The number of nitrogens with two attached hydrogens (primary N) is 1. The Hall–Kier alpha value is -2.51. The lowest BCUT2D eigenvalue weighted by Gasteiger charge is -2.41. The molecular weight excluding hydrogens is 390 g/mol. The highest BCUT2D eigenvalue weighted by Gasteiger charge is 2.42. The van der Waals surface area contributed by atoms with E-state index in [1.807, 2.05) is 32.0 Å². The lowest BCUT2D eigenvalue weighted by molar-refractivity contribution is -0.133. The normalized spacial score (nSPS) is 27.6. The molecule has 0 radical (unpaired) electrons. The second-order valence-electron chi connectivity index (χ2n) is 7.84. The summed E-state index contributed by atoms with van der Waals surface area (Å²) in [6, 6.07) is 5.72. The van der Waals surface area contributed by atoms with Gasteiger partial charge in [-0.15, -0.1) is 0 Å². The van der Waals surface area contributed by atoms with E-state index in [4.69, 9.17) is 27.1 Å². The fourth-order valence-corrected chi connectivity index (χ4v) is 4.66. The minimum atomic E-state index is -0.836. The number of ether oxygens (including phenoxy) is 1. The van der Waals surface area contributed by atoms with E-state index in [2.05, 4.69) is 9.97 Å². The Morgan fingerprint density at radius 2 is 2.07 bits per heavy atom. The highest BCUT2D eigenvalue weighted by atomic mass is 35.5. The molecule has 0 unspecified atom stereocenters. The summed E-state index contributed by atoms with van der Waals surface area (Å²) in [6.45, 7) is 4.53. The van der Waals surface area contributed by atoms with Crippen LogP contribution in [0.1, 0.15) is 38.7 Å². The van der Waals surface area contributed by atoms with Crippen LogP contribution in [0.5, 0.6) is 0 Å². The van der Waals surface area contributed by atoms with E-state index in [0.717, 1.165) is 29.5 Å². The number of nitrogens with zero attached hydrogens (tertiary/aromatic N) is 4. The number of amides is 1. The minimum Gasteiger partial charge on any atom is -0.378 e. The van der Waals surface area contributed by atoms with Gasteiger partial charge in [0.1, 0.15) is 6.33 Å². The second kappa shape index (κ2) is 7.72. The van der Waals surface area contributed by atoms with Crippen molar-refractivity contribution in [1.29, 1.82) is 0 Å². The summed E-state index contributed by atoms with van der Waals surface area (Å²) in [5.41, 5.74) is 7.84. The van der Waals surface area contributed by atoms with Gasteiger partial charge in [-0.2, -0.15) is 0 Å². The molecule has 0 bridgehead atoms. The molecule has 2 aromatic rings. The number of carbonyl (C=O) groups excluding carboxylic acids is 1. The Labute approximate surface area is 175 Å². The Morgan fingerprint density at radius 3 is 2.76 bits per heavy atom. The van der Waals surface area contributed by atoms with Gasteiger partial charge in [0.25, 0.3) is 0 Å². The molecule has 0 saturated carbocycles. The molecule has 1 fully saturated rings. The van der Waals surface area contributed by atoms with Crippen molar-refractivity contribution in [3.05, 3.63) is 47.5 Å². The zero-order valence-electron chi connectivity index (χ0n) is 16.5. The molecule has 1 amide bonds. The smallest absolute Gasteiger partial charge is 0.232 e. The molecule has 7 nitrogen and oxygen atoms in total. The topological polar surface area (TPSA) is 93.7 Å². The van der Waals surface area contributed by atoms with E-state index in [0.29, 0.717) is 11.6 Å². The molecule has 4 rings (SSSR count). The number of aliphatic imine (C=N–C) groups is 1. The predicted molar refractivity (Wildman–Crippen MR) is 111 cm³/mol. The van der Waals surface area contributed by atoms with E-state index >= 15 is 0 Å². The number of carbonyl (C=O) groups is 1.